The zero-order valence-electron chi connectivity index (χ0n) is 13.9. The number of rotatable bonds is 5. The Bertz CT molecular complexity index is 953. The van der Waals surface area contributed by atoms with Crippen molar-refractivity contribution in [1.82, 2.24) is 0 Å². The molecule has 26 heavy (non-hydrogen) atoms. The molecule has 1 fully saturated rings. The SMILES string of the molecule is COc1ccc([C@H]2C(C#N)(C#N)[C@]2(C#N)C(=N)C(C#N)C#N)cc1OC. The first-order chi connectivity index (χ1) is 12.5. The molecule has 0 spiro atoms. The van der Waals surface area contributed by atoms with E-state index in [0.29, 0.717) is 17.1 Å². The van der Waals surface area contributed by atoms with E-state index < -0.39 is 28.4 Å². The fraction of sp³-hybridized carbons (Fsp3) is 0.333. The van der Waals surface area contributed by atoms with Gasteiger partial charge >= 0.3 is 0 Å². The maximum absolute atomic E-state index is 9.76. The van der Waals surface area contributed by atoms with Crippen LogP contribution >= 0.6 is 0 Å². The number of benzene rings is 1. The molecule has 1 aliphatic rings. The summed E-state index contributed by atoms with van der Waals surface area (Å²) in [6.45, 7) is 0. The predicted molar refractivity (Wildman–Crippen MR) is 86.4 cm³/mol. The molecule has 2 atom stereocenters. The number of nitriles is 5. The highest BCUT2D eigenvalue weighted by molar-refractivity contribution is 6.02. The maximum Gasteiger partial charge on any atom is 0.177 e. The fourth-order valence-corrected chi connectivity index (χ4v) is 3.30. The van der Waals surface area contributed by atoms with Gasteiger partial charge in [0.05, 0.1) is 50.3 Å². The minimum atomic E-state index is -1.88. The third kappa shape index (κ3) is 2.06. The average Bonchev–Trinajstić information content (AvgIpc) is 3.31. The molecule has 1 aromatic carbocycles. The van der Waals surface area contributed by atoms with Gasteiger partial charge in [0.15, 0.2) is 22.8 Å². The van der Waals surface area contributed by atoms with Gasteiger partial charge in [-0.3, -0.25) is 0 Å². The van der Waals surface area contributed by atoms with Crippen LogP contribution in [0.4, 0.5) is 0 Å². The largest absolute Gasteiger partial charge is 0.493 e. The normalized spacial score (nSPS) is 21.8. The lowest BCUT2D eigenvalue weighted by Crippen LogP contribution is -2.26. The first-order valence-electron chi connectivity index (χ1n) is 7.31. The van der Waals surface area contributed by atoms with Crippen LogP contribution in [0.5, 0.6) is 11.5 Å². The molecule has 8 heteroatoms. The quantitative estimate of drug-likeness (QED) is 0.799. The van der Waals surface area contributed by atoms with Crippen molar-refractivity contribution in [2.24, 2.45) is 16.7 Å². The van der Waals surface area contributed by atoms with Crippen molar-refractivity contribution in [2.75, 3.05) is 14.2 Å². The van der Waals surface area contributed by atoms with Crippen molar-refractivity contribution in [3.63, 3.8) is 0 Å². The third-order valence-corrected chi connectivity index (χ3v) is 4.65. The topological polar surface area (TPSA) is 161 Å². The predicted octanol–water partition coefficient (Wildman–Crippen LogP) is 2.03. The third-order valence-electron chi connectivity index (χ3n) is 4.65. The van der Waals surface area contributed by atoms with Gasteiger partial charge in [-0.25, -0.2) is 0 Å². The highest BCUT2D eigenvalue weighted by Gasteiger charge is 2.83. The van der Waals surface area contributed by atoms with Gasteiger partial charge in [0, 0.05) is 5.92 Å². The van der Waals surface area contributed by atoms with Crippen molar-refractivity contribution in [3.05, 3.63) is 23.8 Å². The lowest BCUT2D eigenvalue weighted by atomic mass is 9.84. The molecule has 0 aliphatic heterocycles. The number of nitrogens with one attached hydrogen (secondary N) is 1. The zero-order chi connectivity index (χ0) is 19.5. The molecule has 126 valence electrons. The number of hydrogen-bond donors (Lipinski definition) is 1. The Kier molecular flexibility index (Phi) is 4.53. The van der Waals surface area contributed by atoms with E-state index in [-0.39, 0.29) is 0 Å². The van der Waals surface area contributed by atoms with Gasteiger partial charge in [-0.05, 0) is 17.7 Å². The van der Waals surface area contributed by atoms with E-state index in [2.05, 4.69) is 0 Å². The van der Waals surface area contributed by atoms with Gasteiger partial charge in [-0.1, -0.05) is 6.07 Å². The van der Waals surface area contributed by atoms with E-state index in [1.165, 1.54) is 20.3 Å². The Hall–Kier alpha value is -4.06. The Morgan fingerprint density at radius 2 is 1.58 bits per heavy atom. The summed E-state index contributed by atoms with van der Waals surface area (Å²) >= 11 is 0. The van der Waals surface area contributed by atoms with Crippen LogP contribution < -0.4 is 9.47 Å². The Morgan fingerprint density at radius 1 is 1.00 bits per heavy atom. The molecule has 1 saturated carbocycles. The van der Waals surface area contributed by atoms with E-state index in [9.17, 15) is 15.8 Å². The number of hydrogen-bond acceptors (Lipinski definition) is 8. The van der Waals surface area contributed by atoms with Gasteiger partial charge in [-0.15, -0.1) is 0 Å². The van der Waals surface area contributed by atoms with Crippen LogP contribution in [0.25, 0.3) is 0 Å². The van der Waals surface area contributed by atoms with Crippen LogP contribution in [0.3, 0.4) is 0 Å². The van der Waals surface area contributed by atoms with Gasteiger partial charge in [0.1, 0.15) is 5.41 Å². The summed E-state index contributed by atoms with van der Waals surface area (Å²) in [4.78, 5) is 0. The fourth-order valence-electron chi connectivity index (χ4n) is 3.30. The number of methoxy groups -OCH3 is 2. The highest BCUT2D eigenvalue weighted by Crippen LogP contribution is 2.74. The van der Waals surface area contributed by atoms with Crippen LogP contribution in [0.15, 0.2) is 18.2 Å². The summed E-state index contributed by atoms with van der Waals surface area (Å²) in [7, 11) is 2.86. The summed E-state index contributed by atoms with van der Waals surface area (Å²) in [5.74, 6) is -1.77. The molecule has 0 heterocycles. The molecule has 0 amide bonds. The first kappa shape index (κ1) is 18.3. The van der Waals surface area contributed by atoms with Crippen LogP contribution in [0, 0.1) is 78.8 Å². The van der Waals surface area contributed by atoms with E-state index in [4.69, 9.17) is 25.4 Å². The van der Waals surface area contributed by atoms with Crippen molar-refractivity contribution < 1.29 is 9.47 Å². The Labute approximate surface area is 150 Å². The molecule has 1 N–H and O–H groups in total. The van der Waals surface area contributed by atoms with Crippen LogP contribution in [-0.4, -0.2) is 19.9 Å². The Balaban J connectivity index is 2.69. The molecule has 2 rings (SSSR count). The van der Waals surface area contributed by atoms with E-state index in [1.54, 1.807) is 24.3 Å². The molecule has 8 nitrogen and oxygen atoms in total. The minimum Gasteiger partial charge on any atom is -0.493 e. The van der Waals surface area contributed by atoms with Gasteiger partial charge < -0.3 is 14.9 Å². The monoisotopic (exact) mass is 344 g/mol. The van der Waals surface area contributed by atoms with E-state index >= 15 is 0 Å². The van der Waals surface area contributed by atoms with Crippen LogP contribution in [0.1, 0.15) is 11.5 Å². The Morgan fingerprint density at radius 3 is 2.00 bits per heavy atom. The molecule has 1 aliphatic carbocycles. The minimum absolute atomic E-state index is 0.331. The summed E-state index contributed by atoms with van der Waals surface area (Å²) in [6, 6.07) is 13.4. The summed E-state index contributed by atoms with van der Waals surface area (Å²) < 4.78 is 10.4. The maximum atomic E-state index is 9.76. The smallest absolute Gasteiger partial charge is 0.177 e. The molecular weight excluding hydrogens is 332 g/mol. The zero-order valence-corrected chi connectivity index (χ0v) is 13.9. The molecule has 1 aromatic rings. The van der Waals surface area contributed by atoms with E-state index in [0.717, 1.165) is 0 Å². The second-order valence-electron chi connectivity index (χ2n) is 5.60. The van der Waals surface area contributed by atoms with Crippen molar-refractivity contribution in [1.29, 1.82) is 31.7 Å². The molecule has 0 saturated heterocycles. The molecule has 0 unspecified atom stereocenters. The lowest BCUT2D eigenvalue weighted by Gasteiger charge is -2.12. The average molecular weight is 344 g/mol. The molecular formula is C18H12N6O2. The lowest BCUT2D eigenvalue weighted by molar-refractivity contribution is 0.354. The number of nitrogens with zero attached hydrogens (tertiary/aromatic N) is 5. The van der Waals surface area contributed by atoms with Crippen molar-refractivity contribution in [3.8, 4) is 41.8 Å². The number of ether oxygens (including phenoxy) is 2. The first-order valence-corrected chi connectivity index (χ1v) is 7.31. The second-order valence-corrected chi connectivity index (χ2v) is 5.60. The van der Waals surface area contributed by atoms with Gasteiger partial charge in [-0.2, -0.15) is 26.3 Å². The van der Waals surface area contributed by atoms with Crippen molar-refractivity contribution >= 4 is 5.71 Å². The van der Waals surface area contributed by atoms with Crippen LogP contribution in [0.2, 0.25) is 0 Å². The van der Waals surface area contributed by atoms with Crippen LogP contribution in [-0.2, 0) is 0 Å². The van der Waals surface area contributed by atoms with Crippen molar-refractivity contribution in [2.45, 2.75) is 5.92 Å². The van der Waals surface area contributed by atoms with E-state index in [1.807, 2.05) is 18.2 Å². The van der Waals surface area contributed by atoms with Gasteiger partial charge in [0.25, 0.3) is 0 Å². The molecule has 0 aromatic heterocycles. The standard InChI is InChI=1S/C18H12N6O2/c1-25-13-4-3-11(5-14(13)26-2)15-17(8-21,9-22)18(15,10-23)16(24)12(6-19)7-20/h3-5,12,15,24H,1-2H3/t15-,18-/m0/s1. The van der Waals surface area contributed by atoms with Gasteiger partial charge in [0.2, 0.25) is 0 Å². The summed E-state index contributed by atoms with van der Waals surface area (Å²) in [6.07, 6.45) is 0. The highest BCUT2D eigenvalue weighted by atomic mass is 16.5. The summed E-state index contributed by atoms with van der Waals surface area (Å²) in [5, 5.41) is 55.4. The second kappa shape index (κ2) is 6.45. The molecule has 0 bridgehead atoms. The summed E-state index contributed by atoms with van der Waals surface area (Å²) in [5.41, 5.74) is -3.89. The molecule has 0 radical (unpaired) electrons.